The number of rotatable bonds is 4. The highest BCUT2D eigenvalue weighted by molar-refractivity contribution is 5.35. The van der Waals surface area contributed by atoms with Gasteiger partial charge in [-0.15, -0.1) is 0 Å². The molecule has 0 aliphatic carbocycles. The minimum Gasteiger partial charge on any atom is -0.493 e. The fourth-order valence-electron chi connectivity index (χ4n) is 1.92. The molecule has 1 unspecified atom stereocenters. The fourth-order valence-corrected chi connectivity index (χ4v) is 1.92. The van der Waals surface area contributed by atoms with E-state index in [1.54, 1.807) is 13.3 Å². The highest BCUT2D eigenvalue weighted by atomic mass is 16.5. The molecule has 0 aliphatic rings. The average Bonchev–Trinajstić information content (AvgIpc) is 2.81. The number of methoxy groups -OCH3 is 1. The van der Waals surface area contributed by atoms with E-state index in [0.717, 1.165) is 23.6 Å². The molecule has 1 aromatic heterocycles. The second-order valence-electron chi connectivity index (χ2n) is 3.80. The summed E-state index contributed by atoms with van der Waals surface area (Å²) in [6, 6.07) is 9.75. The molecule has 4 heteroatoms. The topological polar surface area (TPSA) is 53.1 Å². The first-order valence-electron chi connectivity index (χ1n) is 5.68. The smallest absolute Gasteiger partial charge is 0.161 e. The van der Waals surface area contributed by atoms with E-state index in [-0.39, 0.29) is 6.04 Å². The molecule has 4 nitrogen and oxygen atoms in total. The molecule has 2 aromatic rings. The van der Waals surface area contributed by atoms with Crippen molar-refractivity contribution in [3.05, 3.63) is 47.8 Å². The van der Waals surface area contributed by atoms with Crippen molar-refractivity contribution in [3.8, 4) is 5.75 Å². The van der Waals surface area contributed by atoms with Crippen LogP contribution in [0, 0.1) is 0 Å². The summed E-state index contributed by atoms with van der Waals surface area (Å²) in [5.41, 5.74) is 8.25. The molecule has 2 N–H and O–H groups in total. The monoisotopic (exact) mass is 231 g/mol. The van der Waals surface area contributed by atoms with Crippen molar-refractivity contribution in [2.45, 2.75) is 19.5 Å². The molecule has 17 heavy (non-hydrogen) atoms. The van der Waals surface area contributed by atoms with Gasteiger partial charge in [0.1, 0.15) is 5.69 Å². The number of hydrogen-bond acceptors (Lipinski definition) is 3. The van der Waals surface area contributed by atoms with Crippen LogP contribution in [0.25, 0.3) is 0 Å². The summed E-state index contributed by atoms with van der Waals surface area (Å²) in [4.78, 5) is 0. The Morgan fingerprint density at radius 1 is 1.35 bits per heavy atom. The van der Waals surface area contributed by atoms with Crippen molar-refractivity contribution < 1.29 is 4.74 Å². The van der Waals surface area contributed by atoms with E-state index >= 15 is 0 Å². The lowest BCUT2D eigenvalue weighted by Crippen LogP contribution is -2.17. The molecule has 0 fully saturated rings. The Balaban J connectivity index is 2.42. The predicted octanol–water partition coefficient (Wildman–Crippen LogP) is 1.96. The molecular weight excluding hydrogens is 214 g/mol. The highest BCUT2D eigenvalue weighted by Gasteiger charge is 2.19. The number of hydrogen-bond donors (Lipinski definition) is 1. The van der Waals surface area contributed by atoms with Crippen LogP contribution in [0.5, 0.6) is 5.75 Å². The molecule has 0 aliphatic heterocycles. The van der Waals surface area contributed by atoms with Crippen LogP contribution in [0.4, 0.5) is 0 Å². The molecule has 1 heterocycles. The van der Waals surface area contributed by atoms with Crippen LogP contribution >= 0.6 is 0 Å². The minimum absolute atomic E-state index is 0.214. The minimum atomic E-state index is -0.214. The standard InChI is InChI=1S/C13H17N3O/c1-3-16-13(11(17-2)9-15-16)12(14)10-7-5-4-6-8-10/h4-9,12H,3,14H2,1-2H3. The highest BCUT2D eigenvalue weighted by Crippen LogP contribution is 2.27. The first-order chi connectivity index (χ1) is 8.27. The molecule has 0 saturated heterocycles. The maximum atomic E-state index is 6.27. The Bertz CT molecular complexity index is 457. The third kappa shape index (κ3) is 2.17. The van der Waals surface area contributed by atoms with Crippen LogP contribution in [0.3, 0.4) is 0 Å². The van der Waals surface area contributed by atoms with Crippen LogP contribution in [0.15, 0.2) is 36.5 Å². The molecule has 0 spiro atoms. The zero-order chi connectivity index (χ0) is 12.3. The first-order valence-corrected chi connectivity index (χ1v) is 5.68. The maximum Gasteiger partial charge on any atom is 0.161 e. The van der Waals surface area contributed by atoms with Crippen LogP contribution in [0.1, 0.15) is 24.2 Å². The number of ether oxygens (including phenoxy) is 1. The van der Waals surface area contributed by atoms with Crippen molar-refractivity contribution in [1.82, 2.24) is 9.78 Å². The molecule has 0 bridgehead atoms. The molecule has 0 amide bonds. The van der Waals surface area contributed by atoms with Gasteiger partial charge in [0, 0.05) is 6.54 Å². The number of aromatic nitrogens is 2. The lowest BCUT2D eigenvalue weighted by atomic mass is 10.0. The Morgan fingerprint density at radius 3 is 2.65 bits per heavy atom. The normalized spacial score (nSPS) is 12.4. The van der Waals surface area contributed by atoms with Gasteiger partial charge in [0.25, 0.3) is 0 Å². The van der Waals surface area contributed by atoms with E-state index in [1.165, 1.54) is 0 Å². The summed E-state index contributed by atoms with van der Waals surface area (Å²) in [7, 11) is 1.64. The average molecular weight is 231 g/mol. The molecular formula is C13H17N3O. The van der Waals surface area contributed by atoms with Gasteiger partial charge in [-0.2, -0.15) is 5.10 Å². The zero-order valence-electron chi connectivity index (χ0n) is 10.1. The second-order valence-corrected chi connectivity index (χ2v) is 3.80. The first kappa shape index (κ1) is 11.7. The lowest BCUT2D eigenvalue weighted by Gasteiger charge is -2.15. The van der Waals surface area contributed by atoms with E-state index in [0.29, 0.717) is 0 Å². The van der Waals surface area contributed by atoms with E-state index < -0.39 is 0 Å². The molecule has 2 rings (SSSR count). The van der Waals surface area contributed by atoms with Gasteiger partial charge in [-0.05, 0) is 12.5 Å². The van der Waals surface area contributed by atoms with Gasteiger partial charge in [0.2, 0.25) is 0 Å². The van der Waals surface area contributed by atoms with E-state index in [2.05, 4.69) is 5.10 Å². The van der Waals surface area contributed by atoms with E-state index in [9.17, 15) is 0 Å². The molecule has 1 atom stereocenters. The van der Waals surface area contributed by atoms with Crippen molar-refractivity contribution in [3.63, 3.8) is 0 Å². The summed E-state index contributed by atoms with van der Waals surface area (Å²) < 4.78 is 7.18. The number of aryl methyl sites for hydroxylation is 1. The Labute approximate surface area is 101 Å². The molecule has 0 saturated carbocycles. The van der Waals surface area contributed by atoms with Gasteiger partial charge in [-0.25, -0.2) is 0 Å². The van der Waals surface area contributed by atoms with Crippen LogP contribution in [0.2, 0.25) is 0 Å². The lowest BCUT2D eigenvalue weighted by molar-refractivity contribution is 0.404. The van der Waals surface area contributed by atoms with Crippen LogP contribution in [-0.4, -0.2) is 16.9 Å². The van der Waals surface area contributed by atoms with Crippen molar-refractivity contribution in [2.24, 2.45) is 5.73 Å². The SMILES string of the molecule is CCn1ncc(OC)c1C(N)c1ccccc1. The number of nitrogens with zero attached hydrogens (tertiary/aromatic N) is 2. The van der Waals surface area contributed by atoms with Crippen molar-refractivity contribution in [1.29, 1.82) is 0 Å². The Morgan fingerprint density at radius 2 is 2.06 bits per heavy atom. The van der Waals surface area contributed by atoms with Gasteiger partial charge in [0.15, 0.2) is 5.75 Å². The van der Waals surface area contributed by atoms with Gasteiger partial charge in [0.05, 0.1) is 19.3 Å². The molecule has 1 aromatic carbocycles. The van der Waals surface area contributed by atoms with Gasteiger partial charge in [-0.3, -0.25) is 4.68 Å². The summed E-state index contributed by atoms with van der Waals surface area (Å²) in [6.07, 6.45) is 1.71. The summed E-state index contributed by atoms with van der Waals surface area (Å²) in [5, 5.41) is 4.26. The third-order valence-electron chi connectivity index (χ3n) is 2.82. The zero-order valence-corrected chi connectivity index (χ0v) is 10.1. The number of nitrogens with two attached hydrogens (primary N) is 1. The van der Waals surface area contributed by atoms with Gasteiger partial charge < -0.3 is 10.5 Å². The fraction of sp³-hybridized carbons (Fsp3) is 0.308. The van der Waals surface area contributed by atoms with Crippen molar-refractivity contribution >= 4 is 0 Å². The van der Waals surface area contributed by atoms with Crippen molar-refractivity contribution in [2.75, 3.05) is 7.11 Å². The maximum absolute atomic E-state index is 6.27. The number of benzene rings is 1. The molecule has 0 radical (unpaired) electrons. The largest absolute Gasteiger partial charge is 0.493 e. The van der Waals surface area contributed by atoms with Crippen LogP contribution in [-0.2, 0) is 6.54 Å². The van der Waals surface area contributed by atoms with Crippen LogP contribution < -0.4 is 10.5 Å². The summed E-state index contributed by atoms with van der Waals surface area (Å²) in [6.45, 7) is 2.81. The predicted molar refractivity (Wildman–Crippen MR) is 66.9 cm³/mol. The molecule has 90 valence electrons. The second kappa shape index (κ2) is 5.01. The Kier molecular flexibility index (Phi) is 3.44. The Hall–Kier alpha value is -1.81. The third-order valence-corrected chi connectivity index (χ3v) is 2.82. The summed E-state index contributed by atoms with van der Waals surface area (Å²) in [5.74, 6) is 0.739. The van der Waals surface area contributed by atoms with Gasteiger partial charge >= 0.3 is 0 Å². The quantitative estimate of drug-likeness (QED) is 0.875. The van der Waals surface area contributed by atoms with E-state index in [4.69, 9.17) is 10.5 Å². The van der Waals surface area contributed by atoms with E-state index in [1.807, 2.05) is 41.9 Å². The summed E-state index contributed by atoms with van der Waals surface area (Å²) >= 11 is 0. The van der Waals surface area contributed by atoms with Gasteiger partial charge in [-0.1, -0.05) is 30.3 Å².